The van der Waals surface area contributed by atoms with E-state index in [1.807, 2.05) is 0 Å². The summed E-state index contributed by atoms with van der Waals surface area (Å²) in [5.41, 5.74) is 0. The van der Waals surface area contributed by atoms with Crippen LogP contribution >= 0.6 is 0 Å². The molecule has 6 nitrogen and oxygen atoms in total. The molecule has 6 heteroatoms. The molecule has 0 heterocycles. The Kier molecular flexibility index (Phi) is 58.3. The topological polar surface area (TPSA) is 78.9 Å². The monoisotopic (exact) mass is 1020 g/mol. The Labute approximate surface area is 452 Å². The van der Waals surface area contributed by atoms with E-state index in [9.17, 15) is 14.4 Å². The third-order valence-corrected chi connectivity index (χ3v) is 13.4. The smallest absolute Gasteiger partial charge is 0.306 e. The molecule has 0 saturated carbocycles. The van der Waals surface area contributed by atoms with Gasteiger partial charge in [-0.15, -0.1) is 0 Å². The number of carbonyl (C=O) groups excluding carboxylic acids is 3. The van der Waals surface area contributed by atoms with Crippen LogP contribution in [-0.2, 0) is 28.6 Å². The van der Waals surface area contributed by atoms with Crippen LogP contribution < -0.4 is 0 Å². The lowest BCUT2D eigenvalue weighted by atomic mass is 10.0. The zero-order valence-electron chi connectivity index (χ0n) is 48.1. The predicted octanol–water partition coefficient (Wildman–Crippen LogP) is 21.1. The average Bonchev–Trinajstić information content (AvgIpc) is 3.39. The molecule has 73 heavy (non-hydrogen) atoms. The summed E-state index contributed by atoms with van der Waals surface area (Å²) in [4.78, 5) is 37.9. The molecule has 0 radical (unpaired) electrons. The van der Waals surface area contributed by atoms with Gasteiger partial charge in [-0.25, -0.2) is 0 Å². The molecule has 0 spiro atoms. The van der Waals surface area contributed by atoms with Crippen LogP contribution in [0.5, 0.6) is 0 Å². The van der Waals surface area contributed by atoms with Gasteiger partial charge in [0.25, 0.3) is 0 Å². The molecule has 1 unspecified atom stereocenters. The summed E-state index contributed by atoms with van der Waals surface area (Å²) in [7, 11) is 0. The lowest BCUT2D eigenvalue weighted by Gasteiger charge is -2.18. The van der Waals surface area contributed by atoms with Crippen molar-refractivity contribution in [1.29, 1.82) is 0 Å². The van der Waals surface area contributed by atoms with Gasteiger partial charge in [0.1, 0.15) is 13.2 Å². The van der Waals surface area contributed by atoms with Gasteiger partial charge in [0.15, 0.2) is 6.10 Å². The molecule has 0 rings (SSSR count). The van der Waals surface area contributed by atoms with Gasteiger partial charge in [0.2, 0.25) is 0 Å². The number of rotatable bonds is 56. The Morgan fingerprint density at radius 3 is 0.849 bits per heavy atom. The van der Waals surface area contributed by atoms with Crippen molar-refractivity contribution in [2.45, 2.75) is 309 Å². The summed E-state index contributed by atoms with van der Waals surface area (Å²) in [5, 5.41) is 0. The van der Waals surface area contributed by atoms with Crippen LogP contribution in [0.4, 0.5) is 0 Å². The summed E-state index contributed by atoms with van der Waals surface area (Å²) in [6, 6.07) is 0. The molecule has 0 aromatic carbocycles. The Bertz CT molecular complexity index is 1400. The zero-order valence-corrected chi connectivity index (χ0v) is 48.1. The van der Waals surface area contributed by atoms with Crippen molar-refractivity contribution in [3.63, 3.8) is 0 Å². The zero-order chi connectivity index (χ0) is 52.9. The molecule has 0 bridgehead atoms. The average molecular weight is 1020 g/mol. The van der Waals surface area contributed by atoms with Crippen LogP contribution in [0.25, 0.3) is 0 Å². The van der Waals surface area contributed by atoms with Crippen LogP contribution in [0.15, 0.2) is 85.1 Å². The predicted molar refractivity (Wildman–Crippen MR) is 316 cm³/mol. The van der Waals surface area contributed by atoms with E-state index in [2.05, 4.69) is 106 Å². The van der Waals surface area contributed by atoms with E-state index in [4.69, 9.17) is 14.2 Å². The quantitative estimate of drug-likeness (QED) is 0.0261. The van der Waals surface area contributed by atoms with Crippen molar-refractivity contribution in [3.8, 4) is 0 Å². The Morgan fingerprint density at radius 1 is 0.288 bits per heavy atom. The highest BCUT2D eigenvalue weighted by molar-refractivity contribution is 5.71. The summed E-state index contributed by atoms with van der Waals surface area (Å²) in [6.45, 7) is 6.44. The fraction of sp³-hybridized carbons (Fsp3) is 0.746. The molecular weight excluding hydrogens is 901 g/mol. The van der Waals surface area contributed by atoms with E-state index in [0.717, 1.165) is 116 Å². The number of ether oxygens (including phenoxy) is 3. The number of hydrogen-bond acceptors (Lipinski definition) is 6. The van der Waals surface area contributed by atoms with Crippen molar-refractivity contribution in [2.75, 3.05) is 13.2 Å². The maximum atomic E-state index is 12.8. The van der Waals surface area contributed by atoms with Crippen molar-refractivity contribution < 1.29 is 28.6 Å². The van der Waals surface area contributed by atoms with E-state index < -0.39 is 6.10 Å². The Hall–Kier alpha value is -3.41. The minimum Gasteiger partial charge on any atom is -0.462 e. The first-order valence-electron chi connectivity index (χ1n) is 31.1. The van der Waals surface area contributed by atoms with Crippen LogP contribution in [0.2, 0.25) is 0 Å². The largest absolute Gasteiger partial charge is 0.462 e. The van der Waals surface area contributed by atoms with E-state index in [1.165, 1.54) is 148 Å². The molecular formula is C67H116O6. The third kappa shape index (κ3) is 59.3. The number of esters is 3. The van der Waals surface area contributed by atoms with Gasteiger partial charge in [-0.05, 0) is 96.3 Å². The van der Waals surface area contributed by atoms with E-state index >= 15 is 0 Å². The van der Waals surface area contributed by atoms with Crippen molar-refractivity contribution >= 4 is 17.9 Å². The van der Waals surface area contributed by atoms with Crippen LogP contribution in [0.1, 0.15) is 303 Å². The van der Waals surface area contributed by atoms with Gasteiger partial charge >= 0.3 is 17.9 Å². The maximum Gasteiger partial charge on any atom is 0.306 e. The molecule has 0 aliphatic heterocycles. The van der Waals surface area contributed by atoms with Gasteiger partial charge in [-0.3, -0.25) is 14.4 Å². The molecule has 1 atom stereocenters. The number of carbonyl (C=O) groups is 3. The molecule has 0 aromatic rings. The first-order valence-corrected chi connectivity index (χ1v) is 31.1. The summed E-state index contributed by atoms with van der Waals surface area (Å²) < 4.78 is 16.7. The highest BCUT2D eigenvalue weighted by Crippen LogP contribution is 2.16. The van der Waals surface area contributed by atoms with Crippen molar-refractivity contribution in [2.24, 2.45) is 0 Å². The molecule has 0 saturated heterocycles. The second kappa shape index (κ2) is 61.1. The summed E-state index contributed by atoms with van der Waals surface area (Å²) >= 11 is 0. The molecule has 0 N–H and O–H groups in total. The molecule has 0 aliphatic carbocycles. The molecule has 0 aliphatic rings. The van der Waals surface area contributed by atoms with Gasteiger partial charge in [-0.2, -0.15) is 0 Å². The Balaban J connectivity index is 4.08. The second-order valence-electron chi connectivity index (χ2n) is 20.6. The van der Waals surface area contributed by atoms with E-state index in [0.29, 0.717) is 19.3 Å². The van der Waals surface area contributed by atoms with Crippen LogP contribution in [0, 0.1) is 0 Å². The lowest BCUT2D eigenvalue weighted by molar-refractivity contribution is -0.167. The molecule has 0 aromatic heterocycles. The fourth-order valence-corrected chi connectivity index (χ4v) is 8.74. The number of hydrogen-bond donors (Lipinski definition) is 0. The summed E-state index contributed by atoms with van der Waals surface area (Å²) in [6.07, 6.45) is 80.7. The first-order chi connectivity index (χ1) is 36.0. The molecule has 420 valence electrons. The molecule has 0 amide bonds. The van der Waals surface area contributed by atoms with Gasteiger partial charge in [0.05, 0.1) is 0 Å². The SMILES string of the molecule is CC/C=C\C/C=C\C/C=C\C/C=C\C/C=C\C/C=C\CCCCCCC(=O)OC(COC(=O)CCCCCCC)COC(=O)CCCCCCCCCCCCCCCCC/C=C\CCCCCCCCCC. The number of allylic oxidation sites excluding steroid dienone is 14. The highest BCUT2D eigenvalue weighted by Gasteiger charge is 2.19. The normalized spacial score (nSPS) is 12.6. The lowest BCUT2D eigenvalue weighted by Crippen LogP contribution is -2.30. The van der Waals surface area contributed by atoms with Crippen LogP contribution in [0.3, 0.4) is 0 Å². The first kappa shape index (κ1) is 69.6. The van der Waals surface area contributed by atoms with Gasteiger partial charge in [0, 0.05) is 19.3 Å². The van der Waals surface area contributed by atoms with Crippen molar-refractivity contribution in [1.82, 2.24) is 0 Å². The summed E-state index contributed by atoms with van der Waals surface area (Å²) in [5.74, 6) is -0.917. The van der Waals surface area contributed by atoms with Crippen molar-refractivity contribution in [3.05, 3.63) is 85.1 Å². The minimum absolute atomic E-state index is 0.0857. The number of unbranched alkanes of at least 4 members (excludes halogenated alkanes) is 31. The molecule has 0 fully saturated rings. The van der Waals surface area contributed by atoms with Gasteiger partial charge in [-0.1, -0.05) is 273 Å². The fourth-order valence-electron chi connectivity index (χ4n) is 8.74. The van der Waals surface area contributed by atoms with Crippen LogP contribution in [-0.4, -0.2) is 37.2 Å². The van der Waals surface area contributed by atoms with E-state index in [1.54, 1.807) is 0 Å². The Morgan fingerprint density at radius 2 is 0.534 bits per heavy atom. The standard InChI is InChI=1S/C67H116O6/c1-4-7-10-13-15-17-19-21-23-25-27-29-31-32-33-34-36-37-39-41-43-45-47-49-51-54-57-60-66(69)72-63-64(62-71-65(68)59-56-53-12-9-6-3)73-67(70)61-58-55-52-50-48-46-44-42-40-38-35-30-28-26-24-22-20-18-16-14-11-8-5-2/h8,11,16,18,22,24-25,27-28,30,38,40,44,46,64H,4-7,9-10,12-15,17,19-21,23,26,29,31-37,39,41-43,45,47-63H2,1-3H3/b11-8-,18-16-,24-22-,27-25-,30-28-,40-38-,46-44-. The second-order valence-corrected chi connectivity index (χ2v) is 20.6. The maximum absolute atomic E-state index is 12.8. The van der Waals surface area contributed by atoms with Gasteiger partial charge < -0.3 is 14.2 Å². The third-order valence-electron chi connectivity index (χ3n) is 13.4. The van der Waals surface area contributed by atoms with E-state index in [-0.39, 0.29) is 31.1 Å². The highest BCUT2D eigenvalue weighted by atomic mass is 16.6. The minimum atomic E-state index is -0.787.